The van der Waals surface area contributed by atoms with E-state index in [1.54, 1.807) is 30.3 Å². The summed E-state index contributed by atoms with van der Waals surface area (Å²) in [6.45, 7) is 0. The third-order valence-electron chi connectivity index (χ3n) is 2.87. The van der Waals surface area contributed by atoms with Crippen LogP contribution in [-0.2, 0) is 4.79 Å². The molecule has 0 aliphatic rings. The molecular formula is C15H12F2N2O2. The summed E-state index contributed by atoms with van der Waals surface area (Å²) in [5, 5.41) is 2.39. The maximum Gasteiger partial charge on any atom is 0.252 e. The molecule has 6 heteroatoms. The van der Waals surface area contributed by atoms with Gasteiger partial charge in [0.1, 0.15) is 6.04 Å². The van der Waals surface area contributed by atoms with Crippen molar-refractivity contribution in [1.29, 1.82) is 0 Å². The largest absolute Gasteiger partial charge is 0.368 e. The van der Waals surface area contributed by atoms with Crippen molar-refractivity contribution in [3.05, 3.63) is 71.3 Å². The van der Waals surface area contributed by atoms with Crippen LogP contribution < -0.4 is 11.1 Å². The van der Waals surface area contributed by atoms with Crippen LogP contribution in [0.5, 0.6) is 0 Å². The van der Waals surface area contributed by atoms with Crippen LogP contribution in [0.15, 0.2) is 48.5 Å². The van der Waals surface area contributed by atoms with E-state index in [-0.39, 0.29) is 5.56 Å². The number of carbonyl (C=O) groups excluding carboxylic acids is 2. The number of nitrogens with one attached hydrogen (secondary N) is 1. The molecule has 0 saturated heterocycles. The van der Waals surface area contributed by atoms with Crippen molar-refractivity contribution < 1.29 is 18.4 Å². The molecule has 21 heavy (non-hydrogen) atoms. The third-order valence-corrected chi connectivity index (χ3v) is 2.87. The topological polar surface area (TPSA) is 72.2 Å². The monoisotopic (exact) mass is 290 g/mol. The molecule has 1 atom stereocenters. The normalized spacial score (nSPS) is 11.7. The van der Waals surface area contributed by atoms with Gasteiger partial charge >= 0.3 is 0 Å². The van der Waals surface area contributed by atoms with Crippen molar-refractivity contribution >= 4 is 11.8 Å². The van der Waals surface area contributed by atoms with Gasteiger partial charge in [-0.05, 0) is 23.8 Å². The van der Waals surface area contributed by atoms with Gasteiger partial charge in [0.25, 0.3) is 5.91 Å². The summed E-state index contributed by atoms with van der Waals surface area (Å²) >= 11 is 0. The molecule has 0 aliphatic carbocycles. The summed E-state index contributed by atoms with van der Waals surface area (Å²) in [7, 11) is 0. The number of benzene rings is 2. The molecule has 0 bridgehead atoms. The zero-order valence-electron chi connectivity index (χ0n) is 10.8. The lowest BCUT2D eigenvalue weighted by molar-refractivity contribution is -0.120. The van der Waals surface area contributed by atoms with Crippen LogP contribution in [0.4, 0.5) is 8.78 Å². The van der Waals surface area contributed by atoms with Crippen LogP contribution in [-0.4, -0.2) is 11.8 Å². The fourth-order valence-corrected chi connectivity index (χ4v) is 1.82. The predicted octanol–water partition coefficient (Wildman–Crippen LogP) is 1.92. The highest BCUT2D eigenvalue weighted by Crippen LogP contribution is 2.14. The fraction of sp³-hybridized carbons (Fsp3) is 0.0667. The first-order valence-corrected chi connectivity index (χ1v) is 6.09. The molecule has 4 nitrogen and oxygen atoms in total. The number of halogens is 2. The van der Waals surface area contributed by atoms with E-state index in [0.717, 1.165) is 18.2 Å². The molecule has 2 amide bonds. The highest BCUT2D eigenvalue weighted by molar-refractivity contribution is 5.97. The number of hydrogen-bond acceptors (Lipinski definition) is 2. The third kappa shape index (κ3) is 3.42. The van der Waals surface area contributed by atoms with Gasteiger partial charge in [-0.2, -0.15) is 0 Å². The average molecular weight is 290 g/mol. The summed E-state index contributed by atoms with van der Waals surface area (Å²) in [5.74, 6) is -3.67. The molecule has 0 aromatic heterocycles. The summed E-state index contributed by atoms with van der Waals surface area (Å²) in [4.78, 5) is 23.4. The Morgan fingerprint density at radius 1 is 1.00 bits per heavy atom. The van der Waals surface area contributed by atoms with Crippen LogP contribution in [0.1, 0.15) is 22.0 Å². The van der Waals surface area contributed by atoms with Gasteiger partial charge in [0.2, 0.25) is 5.91 Å². The van der Waals surface area contributed by atoms with Crippen LogP contribution in [0.3, 0.4) is 0 Å². The maximum absolute atomic E-state index is 13.1. The number of hydrogen-bond donors (Lipinski definition) is 2. The molecule has 0 aliphatic heterocycles. The molecule has 0 fully saturated rings. The van der Waals surface area contributed by atoms with E-state index >= 15 is 0 Å². The first-order valence-electron chi connectivity index (χ1n) is 6.09. The van der Waals surface area contributed by atoms with Gasteiger partial charge in [0.05, 0.1) is 0 Å². The highest BCUT2D eigenvalue weighted by atomic mass is 19.2. The van der Waals surface area contributed by atoms with E-state index in [0.29, 0.717) is 5.56 Å². The molecule has 2 rings (SSSR count). The Kier molecular flexibility index (Phi) is 4.27. The quantitative estimate of drug-likeness (QED) is 0.903. The molecular weight excluding hydrogens is 278 g/mol. The zero-order chi connectivity index (χ0) is 15.4. The summed E-state index contributed by atoms with van der Waals surface area (Å²) in [6.07, 6.45) is 0. The first kappa shape index (κ1) is 14.6. The average Bonchev–Trinajstić information content (AvgIpc) is 2.48. The minimum atomic E-state index is -1.14. The van der Waals surface area contributed by atoms with E-state index in [9.17, 15) is 18.4 Å². The Labute approximate surface area is 119 Å². The molecule has 0 heterocycles. The molecule has 108 valence electrons. The lowest BCUT2D eigenvalue weighted by Crippen LogP contribution is -2.37. The Balaban J connectivity index is 2.23. The van der Waals surface area contributed by atoms with Gasteiger partial charge in [0, 0.05) is 5.56 Å². The van der Waals surface area contributed by atoms with Crippen LogP contribution in [0, 0.1) is 11.6 Å². The molecule has 2 aromatic carbocycles. The highest BCUT2D eigenvalue weighted by Gasteiger charge is 2.21. The number of nitrogens with two attached hydrogens (primary N) is 1. The molecule has 1 unspecified atom stereocenters. The molecule has 3 N–H and O–H groups in total. The van der Waals surface area contributed by atoms with Crippen molar-refractivity contribution in [2.75, 3.05) is 0 Å². The zero-order valence-corrected chi connectivity index (χ0v) is 10.8. The van der Waals surface area contributed by atoms with Gasteiger partial charge in [-0.1, -0.05) is 30.3 Å². The van der Waals surface area contributed by atoms with Crippen molar-refractivity contribution in [1.82, 2.24) is 5.32 Å². The summed E-state index contributed by atoms with van der Waals surface area (Å²) in [5.41, 5.74) is 5.66. The van der Waals surface area contributed by atoms with Crippen molar-refractivity contribution in [2.24, 2.45) is 5.73 Å². The predicted molar refractivity (Wildman–Crippen MR) is 72.2 cm³/mol. The lowest BCUT2D eigenvalue weighted by Gasteiger charge is -2.16. The number of amides is 2. The molecule has 2 aromatic rings. The fourth-order valence-electron chi connectivity index (χ4n) is 1.82. The second kappa shape index (κ2) is 6.13. The second-order valence-electron chi connectivity index (χ2n) is 4.35. The number of primary amides is 1. The number of carbonyl (C=O) groups is 2. The van der Waals surface area contributed by atoms with E-state index in [4.69, 9.17) is 5.73 Å². The van der Waals surface area contributed by atoms with E-state index in [1.165, 1.54) is 0 Å². The van der Waals surface area contributed by atoms with E-state index in [1.807, 2.05) is 0 Å². The van der Waals surface area contributed by atoms with Crippen molar-refractivity contribution in [3.63, 3.8) is 0 Å². The summed E-state index contributed by atoms with van der Waals surface area (Å²) < 4.78 is 25.9. The summed E-state index contributed by atoms with van der Waals surface area (Å²) in [6, 6.07) is 10.0. The van der Waals surface area contributed by atoms with Crippen LogP contribution in [0.2, 0.25) is 0 Å². The smallest absolute Gasteiger partial charge is 0.252 e. The van der Waals surface area contributed by atoms with E-state index in [2.05, 4.69) is 5.32 Å². The Morgan fingerprint density at radius 3 is 2.24 bits per heavy atom. The second-order valence-corrected chi connectivity index (χ2v) is 4.35. The minimum absolute atomic E-state index is 0.101. The van der Waals surface area contributed by atoms with Gasteiger partial charge in [-0.3, -0.25) is 9.59 Å². The van der Waals surface area contributed by atoms with E-state index < -0.39 is 29.5 Å². The lowest BCUT2D eigenvalue weighted by atomic mass is 10.1. The van der Waals surface area contributed by atoms with Gasteiger partial charge in [-0.25, -0.2) is 8.78 Å². The Bertz CT molecular complexity index is 675. The van der Waals surface area contributed by atoms with Crippen molar-refractivity contribution in [3.8, 4) is 0 Å². The number of rotatable bonds is 4. The van der Waals surface area contributed by atoms with Crippen LogP contribution in [0.25, 0.3) is 0 Å². The van der Waals surface area contributed by atoms with Gasteiger partial charge in [-0.15, -0.1) is 0 Å². The van der Waals surface area contributed by atoms with Crippen molar-refractivity contribution in [2.45, 2.75) is 6.04 Å². The standard InChI is InChI=1S/C15H12F2N2O2/c16-11-7-6-10(8-12(11)17)15(21)19-13(14(18)20)9-4-2-1-3-5-9/h1-8,13H,(H2,18,20)(H,19,21). The first-order chi connectivity index (χ1) is 9.99. The maximum atomic E-state index is 13.1. The molecule has 0 saturated carbocycles. The Hall–Kier alpha value is -2.76. The van der Waals surface area contributed by atoms with Gasteiger partial charge < -0.3 is 11.1 Å². The van der Waals surface area contributed by atoms with Crippen LogP contribution >= 0.6 is 0 Å². The minimum Gasteiger partial charge on any atom is -0.368 e. The Morgan fingerprint density at radius 2 is 1.67 bits per heavy atom. The molecule has 0 spiro atoms. The van der Waals surface area contributed by atoms with Gasteiger partial charge in [0.15, 0.2) is 11.6 Å². The molecule has 0 radical (unpaired) electrons. The SMILES string of the molecule is NC(=O)C(NC(=O)c1ccc(F)c(F)c1)c1ccccc1.